The Morgan fingerprint density at radius 1 is 1.30 bits per heavy atom. The molecule has 6 heteroatoms. The number of carbonyl (C=O) groups excluding carboxylic acids is 1. The van der Waals surface area contributed by atoms with E-state index in [2.05, 4.69) is 23.7 Å². The highest BCUT2D eigenvalue weighted by atomic mass is 19.1. The van der Waals surface area contributed by atoms with Gasteiger partial charge in [0.25, 0.3) is 5.91 Å². The number of hydrogen-bond acceptors (Lipinski definition) is 4. The van der Waals surface area contributed by atoms with Crippen LogP contribution in [0.2, 0.25) is 0 Å². The fourth-order valence-electron chi connectivity index (χ4n) is 3.75. The van der Waals surface area contributed by atoms with Crippen molar-refractivity contribution in [3.8, 4) is 0 Å². The zero-order valence-corrected chi connectivity index (χ0v) is 16.3. The monoisotopic (exact) mass is 373 g/mol. The van der Waals surface area contributed by atoms with Crippen LogP contribution in [0.25, 0.3) is 0 Å². The van der Waals surface area contributed by atoms with Gasteiger partial charge in [-0.25, -0.2) is 9.37 Å². The van der Waals surface area contributed by atoms with Gasteiger partial charge in [0, 0.05) is 38.6 Å². The number of aromatic nitrogens is 1. The van der Waals surface area contributed by atoms with Gasteiger partial charge in [0.2, 0.25) is 0 Å². The number of rotatable bonds is 5. The van der Waals surface area contributed by atoms with Gasteiger partial charge >= 0.3 is 0 Å². The summed E-state index contributed by atoms with van der Waals surface area (Å²) in [5, 5.41) is 0. The highest BCUT2D eigenvalue weighted by Gasteiger charge is 2.31. The first kappa shape index (κ1) is 19.5. The summed E-state index contributed by atoms with van der Waals surface area (Å²) in [5.74, 6) is 0.774. The normalized spacial score (nSPS) is 18.7. The van der Waals surface area contributed by atoms with E-state index in [4.69, 9.17) is 4.42 Å². The van der Waals surface area contributed by atoms with Gasteiger partial charge in [-0.05, 0) is 30.0 Å². The second kappa shape index (κ2) is 8.65. The van der Waals surface area contributed by atoms with Crippen LogP contribution in [0, 0.1) is 11.7 Å². The lowest BCUT2D eigenvalue weighted by molar-refractivity contribution is 0.0695. The van der Waals surface area contributed by atoms with Crippen molar-refractivity contribution < 1.29 is 13.6 Å². The molecule has 1 aromatic heterocycles. The van der Waals surface area contributed by atoms with E-state index >= 15 is 0 Å². The molecule has 1 aliphatic rings. The molecule has 0 spiro atoms. The molecule has 0 unspecified atom stereocenters. The lowest BCUT2D eigenvalue weighted by Gasteiger charge is -2.34. The van der Waals surface area contributed by atoms with Crippen LogP contribution in [0.5, 0.6) is 0 Å². The molecule has 1 saturated heterocycles. The van der Waals surface area contributed by atoms with Crippen LogP contribution < -0.4 is 0 Å². The maximum absolute atomic E-state index is 13.2. The summed E-state index contributed by atoms with van der Waals surface area (Å²) in [6, 6.07) is 6.92. The van der Waals surface area contributed by atoms with Crippen LogP contribution >= 0.6 is 0 Å². The third kappa shape index (κ3) is 4.56. The van der Waals surface area contributed by atoms with E-state index < -0.39 is 0 Å². The quantitative estimate of drug-likeness (QED) is 0.801. The summed E-state index contributed by atoms with van der Waals surface area (Å²) < 4.78 is 18.5. The molecule has 0 saturated carbocycles. The van der Waals surface area contributed by atoms with Crippen molar-refractivity contribution >= 4 is 5.91 Å². The van der Waals surface area contributed by atoms with Crippen molar-refractivity contribution in [2.24, 2.45) is 5.92 Å². The first-order valence-electron chi connectivity index (χ1n) is 9.69. The minimum absolute atomic E-state index is 0.0464. The van der Waals surface area contributed by atoms with Crippen LogP contribution in [0.3, 0.4) is 0 Å². The molecule has 146 valence electrons. The van der Waals surface area contributed by atoms with E-state index in [1.165, 1.54) is 18.5 Å². The van der Waals surface area contributed by atoms with E-state index in [9.17, 15) is 9.18 Å². The molecule has 0 aliphatic carbocycles. The second-order valence-electron chi connectivity index (χ2n) is 7.49. The highest BCUT2D eigenvalue weighted by molar-refractivity contribution is 5.93. The molecular formula is C21H28FN3O2. The number of hydrogen-bond donors (Lipinski definition) is 0. The molecule has 5 nitrogen and oxygen atoms in total. The van der Waals surface area contributed by atoms with Crippen molar-refractivity contribution in [3.63, 3.8) is 0 Å². The zero-order valence-electron chi connectivity index (χ0n) is 16.3. The predicted octanol–water partition coefficient (Wildman–Crippen LogP) is 3.75. The number of halogens is 1. The van der Waals surface area contributed by atoms with Gasteiger partial charge in [-0.1, -0.05) is 32.9 Å². The lowest BCUT2D eigenvalue weighted by Crippen LogP contribution is -2.45. The van der Waals surface area contributed by atoms with E-state index in [0.717, 1.165) is 25.1 Å². The third-order valence-corrected chi connectivity index (χ3v) is 5.27. The van der Waals surface area contributed by atoms with Crippen LogP contribution in [-0.2, 0) is 13.0 Å². The van der Waals surface area contributed by atoms with Crippen molar-refractivity contribution in [1.29, 1.82) is 0 Å². The molecule has 0 bridgehead atoms. The Balaban J connectivity index is 1.76. The molecule has 1 aliphatic heterocycles. The molecule has 2 aromatic rings. The summed E-state index contributed by atoms with van der Waals surface area (Å²) >= 11 is 0. The fourth-order valence-corrected chi connectivity index (χ4v) is 3.75. The van der Waals surface area contributed by atoms with Crippen LogP contribution in [-0.4, -0.2) is 46.4 Å². The first-order chi connectivity index (χ1) is 13.0. The fraction of sp³-hybridized carbons (Fsp3) is 0.524. The third-order valence-electron chi connectivity index (χ3n) is 5.27. The van der Waals surface area contributed by atoms with Crippen LogP contribution in [0.1, 0.15) is 49.0 Å². The SMILES string of the molecule is CCc1ocnc1C(=O)N1CCCN(Cc2ccc(F)cc2)[C@@H](C(C)C)C1. The second-order valence-corrected chi connectivity index (χ2v) is 7.49. The molecule has 1 amide bonds. The number of amides is 1. The zero-order chi connectivity index (χ0) is 19.4. The smallest absolute Gasteiger partial charge is 0.276 e. The van der Waals surface area contributed by atoms with E-state index in [1.807, 2.05) is 24.0 Å². The average molecular weight is 373 g/mol. The average Bonchev–Trinajstić information content (AvgIpc) is 3.03. The summed E-state index contributed by atoms with van der Waals surface area (Å²) in [7, 11) is 0. The van der Waals surface area contributed by atoms with Gasteiger partial charge in [-0.3, -0.25) is 9.69 Å². The van der Waals surface area contributed by atoms with Crippen LogP contribution in [0.4, 0.5) is 4.39 Å². The molecule has 0 radical (unpaired) electrons. The van der Waals surface area contributed by atoms with Crippen molar-refractivity contribution in [2.45, 2.75) is 46.2 Å². The Morgan fingerprint density at radius 2 is 2.04 bits per heavy atom. The van der Waals surface area contributed by atoms with Gasteiger partial charge in [0.15, 0.2) is 12.1 Å². The molecule has 3 rings (SSSR count). The van der Waals surface area contributed by atoms with Crippen molar-refractivity contribution in [1.82, 2.24) is 14.8 Å². The Labute approximate surface area is 160 Å². The Kier molecular flexibility index (Phi) is 6.26. The maximum atomic E-state index is 13.2. The lowest BCUT2D eigenvalue weighted by atomic mass is 10.0. The molecule has 0 N–H and O–H groups in total. The van der Waals surface area contributed by atoms with E-state index in [0.29, 0.717) is 36.9 Å². The maximum Gasteiger partial charge on any atom is 0.276 e. The Morgan fingerprint density at radius 3 is 2.70 bits per heavy atom. The Hall–Kier alpha value is -2.21. The minimum Gasteiger partial charge on any atom is -0.448 e. The number of aryl methyl sites for hydroxylation is 1. The number of benzene rings is 1. The summed E-state index contributed by atoms with van der Waals surface area (Å²) in [4.78, 5) is 21.5. The predicted molar refractivity (Wildman–Crippen MR) is 102 cm³/mol. The van der Waals surface area contributed by atoms with Crippen molar-refractivity contribution in [3.05, 3.63) is 53.5 Å². The molecular weight excluding hydrogens is 345 g/mol. The summed E-state index contributed by atoms with van der Waals surface area (Å²) in [5.41, 5.74) is 1.53. The first-order valence-corrected chi connectivity index (χ1v) is 9.69. The number of oxazole rings is 1. The standard InChI is InChI=1S/C21H28FN3O2/c1-4-19-20(23-14-27-19)21(26)25-11-5-10-24(18(13-25)15(2)3)12-16-6-8-17(22)9-7-16/h6-9,14-15,18H,4-5,10-13H2,1-3H3/t18-/m1/s1. The molecule has 2 heterocycles. The van der Waals surface area contributed by atoms with E-state index in [-0.39, 0.29) is 17.8 Å². The minimum atomic E-state index is -0.217. The Bertz CT molecular complexity index is 757. The van der Waals surface area contributed by atoms with Gasteiger partial charge in [0.05, 0.1) is 0 Å². The van der Waals surface area contributed by atoms with Gasteiger partial charge in [-0.15, -0.1) is 0 Å². The largest absolute Gasteiger partial charge is 0.448 e. The molecule has 1 atom stereocenters. The summed E-state index contributed by atoms with van der Waals surface area (Å²) in [6.07, 6.45) is 2.90. The molecule has 1 fully saturated rings. The van der Waals surface area contributed by atoms with Crippen LogP contribution in [0.15, 0.2) is 35.1 Å². The summed E-state index contributed by atoms with van der Waals surface area (Å²) in [6.45, 7) is 9.36. The van der Waals surface area contributed by atoms with Gasteiger partial charge < -0.3 is 9.32 Å². The topological polar surface area (TPSA) is 49.6 Å². The van der Waals surface area contributed by atoms with Gasteiger partial charge in [0.1, 0.15) is 11.6 Å². The number of nitrogens with zero attached hydrogens (tertiary/aromatic N) is 3. The molecule has 1 aromatic carbocycles. The molecule has 27 heavy (non-hydrogen) atoms. The van der Waals surface area contributed by atoms with E-state index in [1.54, 1.807) is 0 Å². The van der Waals surface area contributed by atoms with Crippen molar-refractivity contribution in [2.75, 3.05) is 19.6 Å². The number of carbonyl (C=O) groups is 1. The van der Waals surface area contributed by atoms with Gasteiger partial charge in [-0.2, -0.15) is 0 Å². The highest BCUT2D eigenvalue weighted by Crippen LogP contribution is 2.22.